The number of thiophene rings is 1. The van der Waals surface area contributed by atoms with Crippen molar-refractivity contribution in [2.45, 2.75) is 33.1 Å². The van der Waals surface area contributed by atoms with E-state index in [1.54, 1.807) is 11.3 Å². The number of hydrogen-bond donors (Lipinski definition) is 3. The van der Waals surface area contributed by atoms with Gasteiger partial charge in [-0.3, -0.25) is 0 Å². The summed E-state index contributed by atoms with van der Waals surface area (Å²) in [5, 5.41) is 7.36. The molecule has 19 heavy (non-hydrogen) atoms. The minimum atomic E-state index is -0.135. The van der Waals surface area contributed by atoms with E-state index in [1.807, 2.05) is 23.8 Å². The quantitative estimate of drug-likeness (QED) is 0.593. The average Bonchev–Trinajstić information content (AvgIpc) is 2.83. The van der Waals surface area contributed by atoms with Crippen LogP contribution in [0.1, 0.15) is 32.2 Å². The Balaban J connectivity index is 2.46. The van der Waals surface area contributed by atoms with Gasteiger partial charge in [0.15, 0.2) is 0 Å². The van der Waals surface area contributed by atoms with Gasteiger partial charge in [0.25, 0.3) is 0 Å². The molecule has 0 saturated heterocycles. The number of nitrogens with one attached hydrogen (secondary N) is 2. The topological polar surface area (TPSA) is 75.9 Å². The molecule has 0 atom stereocenters. The smallest absolute Gasteiger partial charge is 0.148 e. The zero-order chi connectivity index (χ0) is 14.0. The number of nitrogens with zero attached hydrogens (tertiary/aromatic N) is 2. The van der Waals surface area contributed by atoms with E-state index in [2.05, 4.69) is 41.5 Å². The van der Waals surface area contributed by atoms with Gasteiger partial charge in [0.1, 0.15) is 17.5 Å². The fourth-order valence-electron chi connectivity index (χ4n) is 1.59. The Morgan fingerprint density at radius 1 is 1.21 bits per heavy atom. The summed E-state index contributed by atoms with van der Waals surface area (Å²) < 4.78 is 0. The van der Waals surface area contributed by atoms with E-state index < -0.39 is 0 Å². The maximum absolute atomic E-state index is 5.54. The standard InChI is InChI=1S/C13H19N5S/c1-8-10(15-9-5-6-19-7-9)16-12(13(2,3)4)17-11(8)18-14/h5-7H,14H2,1-4H3,(H2,15,16,17,18). The Labute approximate surface area is 117 Å². The minimum Gasteiger partial charge on any atom is -0.339 e. The van der Waals surface area contributed by atoms with E-state index in [1.165, 1.54) is 0 Å². The average molecular weight is 277 g/mol. The lowest BCUT2D eigenvalue weighted by atomic mass is 9.95. The van der Waals surface area contributed by atoms with Crippen molar-refractivity contribution in [1.29, 1.82) is 0 Å². The Hall–Kier alpha value is -1.66. The van der Waals surface area contributed by atoms with Gasteiger partial charge in [-0.25, -0.2) is 15.8 Å². The first kappa shape index (κ1) is 13.8. The molecule has 0 saturated carbocycles. The lowest BCUT2D eigenvalue weighted by molar-refractivity contribution is 0.546. The molecule has 2 rings (SSSR count). The van der Waals surface area contributed by atoms with Crippen LogP contribution in [-0.4, -0.2) is 9.97 Å². The molecule has 2 aromatic rings. The molecule has 0 unspecified atom stereocenters. The van der Waals surface area contributed by atoms with Crippen LogP contribution in [0, 0.1) is 6.92 Å². The number of nitrogen functional groups attached to an aromatic ring is 1. The van der Waals surface area contributed by atoms with Crippen molar-refractivity contribution in [3.63, 3.8) is 0 Å². The number of aromatic nitrogens is 2. The van der Waals surface area contributed by atoms with Crippen molar-refractivity contribution in [1.82, 2.24) is 9.97 Å². The van der Waals surface area contributed by atoms with E-state index in [0.717, 1.165) is 22.9 Å². The van der Waals surface area contributed by atoms with E-state index in [4.69, 9.17) is 5.84 Å². The third kappa shape index (κ3) is 3.02. The van der Waals surface area contributed by atoms with E-state index >= 15 is 0 Å². The van der Waals surface area contributed by atoms with Gasteiger partial charge in [0, 0.05) is 16.4 Å². The van der Waals surface area contributed by atoms with Gasteiger partial charge < -0.3 is 10.7 Å². The molecule has 6 heteroatoms. The van der Waals surface area contributed by atoms with Crippen LogP contribution < -0.4 is 16.6 Å². The van der Waals surface area contributed by atoms with Crippen LogP contribution in [-0.2, 0) is 5.41 Å². The zero-order valence-electron chi connectivity index (χ0n) is 11.6. The van der Waals surface area contributed by atoms with Crippen LogP contribution in [0.25, 0.3) is 0 Å². The van der Waals surface area contributed by atoms with Crippen LogP contribution in [0.4, 0.5) is 17.3 Å². The summed E-state index contributed by atoms with van der Waals surface area (Å²) in [5.74, 6) is 7.73. The number of anilines is 3. The molecule has 0 aromatic carbocycles. The molecule has 4 N–H and O–H groups in total. The summed E-state index contributed by atoms with van der Waals surface area (Å²) in [5.41, 5.74) is 4.43. The number of rotatable bonds is 3. The van der Waals surface area contributed by atoms with Gasteiger partial charge in [-0.05, 0) is 18.4 Å². The Bertz CT molecular complexity index is 557. The molecular formula is C13H19N5S. The Morgan fingerprint density at radius 3 is 2.42 bits per heavy atom. The van der Waals surface area contributed by atoms with Gasteiger partial charge in [-0.1, -0.05) is 20.8 Å². The third-order valence-corrected chi connectivity index (χ3v) is 3.42. The summed E-state index contributed by atoms with van der Waals surface area (Å²) in [6.45, 7) is 8.17. The first-order valence-electron chi connectivity index (χ1n) is 6.07. The SMILES string of the molecule is Cc1c(NN)nc(C(C)(C)C)nc1Nc1ccsc1. The summed E-state index contributed by atoms with van der Waals surface area (Å²) in [6.07, 6.45) is 0. The summed E-state index contributed by atoms with van der Waals surface area (Å²) in [7, 11) is 0. The predicted octanol–water partition coefficient (Wildman–Crippen LogP) is 3.17. The largest absolute Gasteiger partial charge is 0.339 e. The molecular weight excluding hydrogens is 258 g/mol. The number of hydrazine groups is 1. The van der Waals surface area contributed by atoms with Crippen LogP contribution >= 0.6 is 11.3 Å². The van der Waals surface area contributed by atoms with Crippen LogP contribution in [0.15, 0.2) is 16.8 Å². The summed E-state index contributed by atoms with van der Waals surface area (Å²) in [4.78, 5) is 9.08. The van der Waals surface area contributed by atoms with Crippen molar-refractivity contribution in [3.8, 4) is 0 Å². The van der Waals surface area contributed by atoms with Gasteiger partial charge in [-0.15, -0.1) is 0 Å². The molecule has 0 aliphatic heterocycles. The van der Waals surface area contributed by atoms with Gasteiger partial charge in [0.05, 0.1) is 5.69 Å². The van der Waals surface area contributed by atoms with Crippen molar-refractivity contribution in [2.75, 3.05) is 10.7 Å². The van der Waals surface area contributed by atoms with Gasteiger partial charge >= 0.3 is 0 Å². The molecule has 2 aromatic heterocycles. The highest BCUT2D eigenvalue weighted by atomic mass is 32.1. The second kappa shape index (κ2) is 5.14. The van der Waals surface area contributed by atoms with Crippen LogP contribution in [0.5, 0.6) is 0 Å². The third-order valence-electron chi connectivity index (χ3n) is 2.74. The monoisotopic (exact) mass is 277 g/mol. The molecule has 0 radical (unpaired) electrons. The molecule has 102 valence electrons. The number of nitrogens with two attached hydrogens (primary N) is 1. The Morgan fingerprint density at radius 2 is 1.89 bits per heavy atom. The highest BCUT2D eigenvalue weighted by Gasteiger charge is 2.21. The van der Waals surface area contributed by atoms with Crippen molar-refractivity contribution in [2.24, 2.45) is 5.84 Å². The highest BCUT2D eigenvalue weighted by Crippen LogP contribution is 2.28. The molecule has 0 fully saturated rings. The van der Waals surface area contributed by atoms with Crippen LogP contribution in [0.2, 0.25) is 0 Å². The van der Waals surface area contributed by atoms with E-state index in [-0.39, 0.29) is 5.41 Å². The Kier molecular flexibility index (Phi) is 3.73. The molecule has 0 amide bonds. The highest BCUT2D eigenvalue weighted by molar-refractivity contribution is 7.08. The van der Waals surface area contributed by atoms with Crippen LogP contribution in [0.3, 0.4) is 0 Å². The fourth-order valence-corrected chi connectivity index (χ4v) is 2.17. The normalized spacial score (nSPS) is 11.4. The maximum atomic E-state index is 5.54. The number of hydrogen-bond acceptors (Lipinski definition) is 6. The first-order valence-corrected chi connectivity index (χ1v) is 7.01. The maximum Gasteiger partial charge on any atom is 0.148 e. The summed E-state index contributed by atoms with van der Waals surface area (Å²) >= 11 is 1.64. The molecule has 2 heterocycles. The van der Waals surface area contributed by atoms with Crippen molar-refractivity contribution in [3.05, 3.63) is 28.2 Å². The molecule has 0 aliphatic carbocycles. The zero-order valence-corrected chi connectivity index (χ0v) is 12.4. The van der Waals surface area contributed by atoms with Gasteiger partial charge in [-0.2, -0.15) is 11.3 Å². The lowest BCUT2D eigenvalue weighted by Gasteiger charge is -2.20. The minimum absolute atomic E-state index is 0.135. The van der Waals surface area contributed by atoms with Crippen molar-refractivity contribution >= 4 is 28.7 Å². The summed E-state index contributed by atoms with van der Waals surface area (Å²) in [6, 6.07) is 2.01. The van der Waals surface area contributed by atoms with E-state index in [0.29, 0.717) is 5.82 Å². The first-order chi connectivity index (χ1) is 8.91. The van der Waals surface area contributed by atoms with Gasteiger partial charge in [0.2, 0.25) is 0 Å². The molecule has 0 bridgehead atoms. The fraction of sp³-hybridized carbons (Fsp3) is 0.385. The predicted molar refractivity (Wildman–Crippen MR) is 80.9 cm³/mol. The van der Waals surface area contributed by atoms with Crippen molar-refractivity contribution < 1.29 is 0 Å². The molecule has 0 aliphatic rings. The second-order valence-corrected chi connectivity index (χ2v) is 6.18. The van der Waals surface area contributed by atoms with E-state index in [9.17, 15) is 0 Å². The molecule has 0 spiro atoms. The second-order valence-electron chi connectivity index (χ2n) is 5.40. The lowest BCUT2D eigenvalue weighted by Crippen LogP contribution is -2.20. The molecule has 5 nitrogen and oxygen atoms in total.